The van der Waals surface area contributed by atoms with Gasteiger partial charge in [0, 0.05) is 0 Å². The SMILES string of the molecule is COC(=O)C1=C(C(=O)OC)[C@](C(=O)OC)([Si](C)(C)C)O[C@@H]1c1ccccc1. The molecule has 0 radical (unpaired) electrons. The molecule has 0 spiro atoms. The van der Waals surface area contributed by atoms with Crippen LogP contribution in [0, 0.1) is 0 Å². The molecule has 2 atom stereocenters. The van der Waals surface area contributed by atoms with Gasteiger partial charge in [0.05, 0.1) is 32.5 Å². The molecule has 146 valence electrons. The molecule has 0 unspecified atom stereocenters. The lowest BCUT2D eigenvalue weighted by Crippen LogP contribution is -2.61. The second-order valence-corrected chi connectivity index (χ2v) is 12.3. The molecule has 0 bridgehead atoms. The quantitative estimate of drug-likeness (QED) is 0.431. The first-order chi connectivity index (χ1) is 12.7. The average molecular weight is 392 g/mol. The van der Waals surface area contributed by atoms with Crippen LogP contribution in [0.2, 0.25) is 19.6 Å². The smallest absolute Gasteiger partial charge is 0.339 e. The molecule has 1 aromatic rings. The molecular formula is C19H24O7Si. The molecule has 7 nitrogen and oxygen atoms in total. The predicted molar refractivity (Wildman–Crippen MR) is 99.4 cm³/mol. The number of rotatable bonds is 5. The summed E-state index contributed by atoms with van der Waals surface area (Å²) in [7, 11) is 0.974. The first-order valence-corrected chi connectivity index (χ1v) is 11.9. The molecule has 1 aliphatic heterocycles. The molecule has 0 saturated heterocycles. The Kier molecular flexibility index (Phi) is 5.91. The van der Waals surface area contributed by atoms with Gasteiger partial charge in [-0.25, -0.2) is 14.4 Å². The van der Waals surface area contributed by atoms with Gasteiger partial charge in [-0.05, 0) is 5.56 Å². The first-order valence-electron chi connectivity index (χ1n) is 8.38. The zero-order valence-electron chi connectivity index (χ0n) is 16.3. The van der Waals surface area contributed by atoms with Crippen LogP contribution in [0.3, 0.4) is 0 Å². The van der Waals surface area contributed by atoms with Gasteiger partial charge in [-0.2, -0.15) is 0 Å². The van der Waals surface area contributed by atoms with E-state index in [1.807, 2.05) is 25.7 Å². The molecule has 1 aliphatic rings. The third-order valence-electron chi connectivity index (χ3n) is 4.60. The van der Waals surface area contributed by atoms with E-state index in [0.717, 1.165) is 0 Å². The molecule has 27 heavy (non-hydrogen) atoms. The van der Waals surface area contributed by atoms with Crippen molar-refractivity contribution < 1.29 is 33.3 Å². The fraction of sp³-hybridized carbons (Fsp3) is 0.421. The van der Waals surface area contributed by atoms with Crippen molar-refractivity contribution in [1.29, 1.82) is 0 Å². The van der Waals surface area contributed by atoms with Crippen molar-refractivity contribution in [3.8, 4) is 0 Å². The molecule has 1 aromatic carbocycles. The second kappa shape index (κ2) is 7.65. The molecule has 2 rings (SSSR count). The molecule has 0 N–H and O–H groups in total. The van der Waals surface area contributed by atoms with Crippen LogP contribution in [0.25, 0.3) is 0 Å². The summed E-state index contributed by atoms with van der Waals surface area (Å²) in [4.78, 5) is 38.3. The minimum atomic E-state index is -2.64. The van der Waals surface area contributed by atoms with Gasteiger partial charge in [-0.15, -0.1) is 0 Å². The summed E-state index contributed by atoms with van der Waals surface area (Å²) in [5, 5.41) is -1.71. The second-order valence-electron chi connectivity index (χ2n) is 7.10. The van der Waals surface area contributed by atoms with Crippen LogP contribution in [0.15, 0.2) is 41.5 Å². The van der Waals surface area contributed by atoms with Crippen molar-refractivity contribution in [3.05, 3.63) is 47.0 Å². The van der Waals surface area contributed by atoms with E-state index in [-0.39, 0.29) is 11.1 Å². The molecule has 0 saturated carbocycles. The number of methoxy groups -OCH3 is 3. The lowest BCUT2D eigenvalue weighted by molar-refractivity contribution is -0.160. The third kappa shape index (κ3) is 3.30. The Labute approximate surface area is 159 Å². The fourth-order valence-electron chi connectivity index (χ4n) is 3.30. The standard InChI is InChI=1S/C19H24O7Si/c1-23-16(20)13-14(17(21)24-2)19(18(22)25-3,27(4,5)6)26-15(13)12-10-8-7-9-11-12/h7-11,15H,1-6H3/t15-,19-/m1/s1. The average Bonchev–Trinajstić information content (AvgIpc) is 3.04. The predicted octanol–water partition coefficient (Wildman–Crippen LogP) is 2.19. The van der Waals surface area contributed by atoms with Gasteiger partial charge >= 0.3 is 17.9 Å². The zero-order chi connectivity index (χ0) is 20.4. The van der Waals surface area contributed by atoms with E-state index in [2.05, 4.69) is 0 Å². The van der Waals surface area contributed by atoms with Crippen LogP contribution in [0.1, 0.15) is 11.7 Å². The number of hydrogen-bond acceptors (Lipinski definition) is 7. The maximum absolute atomic E-state index is 12.9. The van der Waals surface area contributed by atoms with Crippen molar-refractivity contribution in [3.63, 3.8) is 0 Å². The zero-order valence-corrected chi connectivity index (χ0v) is 17.3. The summed E-state index contributed by atoms with van der Waals surface area (Å²) in [5.74, 6) is -2.31. The highest BCUT2D eigenvalue weighted by molar-refractivity contribution is 6.83. The van der Waals surface area contributed by atoms with E-state index in [0.29, 0.717) is 5.56 Å². The minimum absolute atomic E-state index is 0.0385. The summed E-state index contributed by atoms with van der Waals surface area (Å²) in [6, 6.07) is 8.86. The lowest BCUT2D eigenvalue weighted by atomic mass is 9.97. The van der Waals surface area contributed by atoms with Crippen LogP contribution in [0.5, 0.6) is 0 Å². The normalized spacial score (nSPS) is 22.4. The van der Waals surface area contributed by atoms with Crippen molar-refractivity contribution in [2.45, 2.75) is 31.0 Å². The number of benzene rings is 1. The van der Waals surface area contributed by atoms with E-state index in [4.69, 9.17) is 18.9 Å². The molecule has 0 aliphatic carbocycles. The van der Waals surface area contributed by atoms with E-state index in [1.165, 1.54) is 21.3 Å². The van der Waals surface area contributed by atoms with Crippen molar-refractivity contribution >= 4 is 26.0 Å². The molecule has 0 aromatic heterocycles. The Balaban J connectivity index is 2.90. The number of carbonyl (C=O) groups excluding carboxylic acids is 3. The fourth-order valence-corrected chi connectivity index (χ4v) is 5.48. The van der Waals surface area contributed by atoms with Gasteiger partial charge in [-0.1, -0.05) is 50.0 Å². The van der Waals surface area contributed by atoms with Gasteiger partial charge in [0.15, 0.2) is 5.22 Å². The van der Waals surface area contributed by atoms with Crippen molar-refractivity contribution in [2.24, 2.45) is 0 Å². The van der Waals surface area contributed by atoms with Gasteiger partial charge in [-0.3, -0.25) is 0 Å². The highest BCUT2D eigenvalue weighted by Gasteiger charge is 2.65. The number of esters is 3. The maximum Gasteiger partial charge on any atom is 0.339 e. The molecule has 8 heteroatoms. The summed E-state index contributed by atoms with van der Waals surface area (Å²) >= 11 is 0. The molecular weight excluding hydrogens is 368 g/mol. The van der Waals surface area contributed by atoms with Gasteiger partial charge in [0.2, 0.25) is 0 Å². The van der Waals surface area contributed by atoms with Crippen LogP contribution in [0.4, 0.5) is 0 Å². The Hall–Kier alpha value is -2.45. The summed E-state index contributed by atoms with van der Waals surface area (Å²) in [6.45, 7) is 5.57. The summed E-state index contributed by atoms with van der Waals surface area (Å²) in [6.07, 6.45) is -0.960. The minimum Gasteiger partial charge on any atom is -0.467 e. The lowest BCUT2D eigenvalue weighted by Gasteiger charge is -2.38. The summed E-state index contributed by atoms with van der Waals surface area (Å²) < 4.78 is 21.1. The van der Waals surface area contributed by atoms with E-state index >= 15 is 0 Å². The van der Waals surface area contributed by atoms with Crippen molar-refractivity contribution in [2.75, 3.05) is 21.3 Å². The number of ether oxygens (including phenoxy) is 4. The van der Waals surface area contributed by atoms with Crippen LogP contribution < -0.4 is 0 Å². The highest BCUT2D eigenvalue weighted by Crippen LogP contribution is 2.50. The molecule has 0 fully saturated rings. The summed E-state index contributed by atoms with van der Waals surface area (Å²) in [5.41, 5.74) is 0.434. The Bertz CT molecular complexity index is 779. The number of carbonyl (C=O) groups is 3. The highest BCUT2D eigenvalue weighted by atomic mass is 28.3. The molecule has 0 amide bonds. The maximum atomic E-state index is 12.9. The Morgan fingerprint density at radius 2 is 1.48 bits per heavy atom. The van der Waals surface area contributed by atoms with Gasteiger partial charge in [0.1, 0.15) is 14.2 Å². The number of hydrogen-bond donors (Lipinski definition) is 0. The van der Waals surface area contributed by atoms with Crippen molar-refractivity contribution in [1.82, 2.24) is 0 Å². The van der Waals surface area contributed by atoms with Crippen LogP contribution >= 0.6 is 0 Å². The topological polar surface area (TPSA) is 88.1 Å². The van der Waals surface area contributed by atoms with Crippen LogP contribution in [-0.2, 0) is 33.3 Å². The van der Waals surface area contributed by atoms with E-state index < -0.39 is 37.3 Å². The van der Waals surface area contributed by atoms with Gasteiger partial charge in [0.25, 0.3) is 0 Å². The largest absolute Gasteiger partial charge is 0.467 e. The Morgan fingerprint density at radius 3 is 1.93 bits per heavy atom. The monoisotopic (exact) mass is 392 g/mol. The van der Waals surface area contributed by atoms with E-state index in [1.54, 1.807) is 24.3 Å². The first kappa shape index (κ1) is 20.9. The van der Waals surface area contributed by atoms with Gasteiger partial charge < -0.3 is 18.9 Å². The van der Waals surface area contributed by atoms with Crippen LogP contribution in [-0.4, -0.2) is 52.5 Å². The Morgan fingerprint density at radius 1 is 0.926 bits per heavy atom. The molecule has 1 heterocycles. The van der Waals surface area contributed by atoms with E-state index in [9.17, 15) is 14.4 Å². The third-order valence-corrected chi connectivity index (χ3v) is 7.29.